The zero-order valence-electron chi connectivity index (χ0n) is 8.84. The van der Waals surface area contributed by atoms with Gasteiger partial charge in [0.2, 0.25) is 0 Å². The molecule has 0 atom stereocenters. The van der Waals surface area contributed by atoms with Crippen molar-refractivity contribution < 1.29 is 14.8 Å². The molecule has 0 aromatic carbocycles. The quantitative estimate of drug-likeness (QED) is 0.470. The Balaban J connectivity index is 2.83. The summed E-state index contributed by atoms with van der Waals surface area (Å²) in [4.78, 5) is 21.6. The van der Waals surface area contributed by atoms with E-state index in [0.717, 1.165) is 12.3 Å². The normalized spacial score (nSPS) is 10.5. The smallest absolute Gasteiger partial charge is 0.286 e. The lowest BCUT2D eigenvalue weighted by molar-refractivity contribution is -0.385. The van der Waals surface area contributed by atoms with Crippen LogP contribution in [0.2, 0.25) is 0 Å². The van der Waals surface area contributed by atoms with Gasteiger partial charge in [0.25, 0.3) is 11.2 Å². The lowest BCUT2D eigenvalue weighted by Gasteiger charge is -2.06. The van der Waals surface area contributed by atoms with Crippen LogP contribution in [-0.4, -0.2) is 34.4 Å². The monoisotopic (exact) mass is 306 g/mol. The highest BCUT2D eigenvalue weighted by atomic mass is 79.9. The maximum atomic E-state index is 11.6. The van der Waals surface area contributed by atoms with Gasteiger partial charge in [-0.1, -0.05) is 0 Å². The van der Waals surface area contributed by atoms with Crippen molar-refractivity contribution in [3.8, 4) is 0 Å². The number of nitro groups is 1. The molecular formula is C9H11BrN2O5. The van der Waals surface area contributed by atoms with Crippen LogP contribution in [0.5, 0.6) is 0 Å². The number of pyridine rings is 1. The highest BCUT2D eigenvalue weighted by molar-refractivity contribution is 9.10. The van der Waals surface area contributed by atoms with Crippen molar-refractivity contribution in [1.82, 2.24) is 4.57 Å². The van der Waals surface area contributed by atoms with E-state index in [-0.39, 0.29) is 42.1 Å². The molecule has 0 bridgehead atoms. The van der Waals surface area contributed by atoms with Crippen LogP contribution in [0.1, 0.15) is 0 Å². The highest BCUT2D eigenvalue weighted by Crippen LogP contribution is 2.13. The molecule has 0 aliphatic rings. The minimum atomic E-state index is -0.574. The Labute approximate surface area is 105 Å². The average molecular weight is 307 g/mol. The Hall–Kier alpha value is -1.25. The molecule has 1 rings (SSSR count). The highest BCUT2D eigenvalue weighted by Gasteiger charge is 2.11. The molecule has 0 radical (unpaired) electrons. The summed E-state index contributed by atoms with van der Waals surface area (Å²) in [6, 6.07) is 1.16. The molecule has 1 aromatic rings. The van der Waals surface area contributed by atoms with E-state index < -0.39 is 4.92 Å². The number of nitrogens with zero attached hydrogens (tertiary/aromatic N) is 2. The van der Waals surface area contributed by atoms with E-state index in [4.69, 9.17) is 9.84 Å². The van der Waals surface area contributed by atoms with Crippen molar-refractivity contribution in [3.63, 3.8) is 0 Å². The molecule has 8 heteroatoms. The van der Waals surface area contributed by atoms with Gasteiger partial charge >= 0.3 is 0 Å². The fraction of sp³-hybridized carbons (Fsp3) is 0.444. The molecule has 0 fully saturated rings. The molecule has 0 aliphatic carbocycles. The summed E-state index contributed by atoms with van der Waals surface area (Å²) in [5.74, 6) is 0. The van der Waals surface area contributed by atoms with Gasteiger partial charge in [-0.05, 0) is 15.9 Å². The Morgan fingerprint density at radius 2 is 2.24 bits per heavy atom. The van der Waals surface area contributed by atoms with Crippen molar-refractivity contribution >= 4 is 21.6 Å². The third-order valence-electron chi connectivity index (χ3n) is 1.95. The predicted octanol–water partition coefficient (Wildman–Crippen LogP) is 0.528. The lowest BCUT2D eigenvalue weighted by atomic mass is 10.4. The molecule has 0 saturated carbocycles. The minimum absolute atomic E-state index is 0.104. The van der Waals surface area contributed by atoms with Gasteiger partial charge < -0.3 is 14.4 Å². The number of rotatable bonds is 6. The largest absolute Gasteiger partial charge is 0.394 e. The minimum Gasteiger partial charge on any atom is -0.394 e. The summed E-state index contributed by atoms with van der Waals surface area (Å²) in [6.07, 6.45) is 1.16. The molecule has 0 unspecified atom stereocenters. The third kappa shape index (κ3) is 3.91. The van der Waals surface area contributed by atoms with Crippen molar-refractivity contribution in [2.75, 3.05) is 19.8 Å². The molecule has 7 nitrogen and oxygen atoms in total. The van der Waals surface area contributed by atoms with Crippen molar-refractivity contribution in [2.24, 2.45) is 0 Å². The predicted molar refractivity (Wildman–Crippen MR) is 63.0 cm³/mol. The summed E-state index contributed by atoms with van der Waals surface area (Å²) in [6.45, 7) is 0.464. The third-order valence-corrected chi connectivity index (χ3v) is 2.52. The topological polar surface area (TPSA) is 94.6 Å². The number of aromatic nitrogens is 1. The first-order valence-corrected chi connectivity index (χ1v) is 5.58. The number of aliphatic hydroxyl groups excluding tert-OH is 1. The van der Waals surface area contributed by atoms with Crippen molar-refractivity contribution in [2.45, 2.75) is 6.54 Å². The first-order chi connectivity index (χ1) is 8.06. The van der Waals surface area contributed by atoms with E-state index in [9.17, 15) is 14.9 Å². The molecule has 1 aromatic heterocycles. The number of halogens is 1. The summed E-state index contributed by atoms with van der Waals surface area (Å²) < 4.78 is 6.31. The van der Waals surface area contributed by atoms with E-state index in [0.29, 0.717) is 0 Å². The fourth-order valence-electron chi connectivity index (χ4n) is 1.18. The van der Waals surface area contributed by atoms with Gasteiger partial charge in [0.1, 0.15) is 0 Å². The van der Waals surface area contributed by atoms with Gasteiger partial charge in [0.05, 0.1) is 35.4 Å². The maximum Gasteiger partial charge on any atom is 0.286 e. The molecule has 0 spiro atoms. The molecule has 17 heavy (non-hydrogen) atoms. The summed E-state index contributed by atoms with van der Waals surface area (Å²) in [7, 11) is 0. The average Bonchev–Trinajstić information content (AvgIpc) is 2.29. The number of aliphatic hydroxyl groups is 1. The standard InChI is InChI=1S/C9H11BrN2O5/c10-8-5-7(12(15)16)6-11(9(8)14)1-3-17-4-2-13/h5-6,13H,1-4H2. The van der Waals surface area contributed by atoms with Crippen LogP contribution in [0, 0.1) is 10.1 Å². The second kappa shape index (κ2) is 6.48. The van der Waals surface area contributed by atoms with Crippen LogP contribution in [-0.2, 0) is 11.3 Å². The molecule has 0 amide bonds. The van der Waals surface area contributed by atoms with E-state index in [1.165, 1.54) is 4.57 Å². The zero-order chi connectivity index (χ0) is 12.8. The van der Waals surface area contributed by atoms with E-state index in [1.807, 2.05) is 0 Å². The first-order valence-electron chi connectivity index (χ1n) is 4.79. The Bertz CT molecular complexity index is 459. The van der Waals surface area contributed by atoms with Crippen LogP contribution in [0.25, 0.3) is 0 Å². The maximum absolute atomic E-state index is 11.6. The first kappa shape index (κ1) is 13.8. The van der Waals surface area contributed by atoms with Crippen LogP contribution < -0.4 is 5.56 Å². The number of hydrogen-bond donors (Lipinski definition) is 1. The number of hydrogen-bond acceptors (Lipinski definition) is 5. The molecule has 94 valence electrons. The van der Waals surface area contributed by atoms with Crippen LogP contribution in [0.3, 0.4) is 0 Å². The summed E-state index contributed by atoms with van der Waals surface area (Å²) in [5, 5.41) is 19.1. The molecule has 1 heterocycles. The Kier molecular flexibility index (Phi) is 5.26. The lowest BCUT2D eigenvalue weighted by Crippen LogP contribution is -2.23. The van der Waals surface area contributed by atoms with Crippen LogP contribution in [0.15, 0.2) is 21.5 Å². The molecular weight excluding hydrogens is 296 g/mol. The Morgan fingerprint density at radius 1 is 1.53 bits per heavy atom. The van der Waals surface area contributed by atoms with E-state index in [1.54, 1.807) is 0 Å². The van der Waals surface area contributed by atoms with Gasteiger partial charge in [0.15, 0.2) is 0 Å². The van der Waals surface area contributed by atoms with E-state index >= 15 is 0 Å². The Morgan fingerprint density at radius 3 is 2.82 bits per heavy atom. The molecule has 0 aliphatic heterocycles. The van der Waals surface area contributed by atoms with Gasteiger partial charge in [-0.3, -0.25) is 14.9 Å². The fourth-order valence-corrected chi connectivity index (χ4v) is 1.64. The molecule has 1 N–H and O–H groups in total. The zero-order valence-corrected chi connectivity index (χ0v) is 10.4. The molecule has 0 saturated heterocycles. The van der Waals surface area contributed by atoms with Gasteiger partial charge in [-0.15, -0.1) is 0 Å². The second-order valence-electron chi connectivity index (χ2n) is 3.14. The van der Waals surface area contributed by atoms with Gasteiger partial charge in [0, 0.05) is 12.6 Å². The summed E-state index contributed by atoms with van der Waals surface area (Å²) >= 11 is 2.97. The number of ether oxygens (including phenoxy) is 1. The van der Waals surface area contributed by atoms with Crippen molar-refractivity contribution in [3.05, 3.63) is 37.2 Å². The second-order valence-corrected chi connectivity index (χ2v) is 3.99. The van der Waals surface area contributed by atoms with Crippen LogP contribution in [0.4, 0.5) is 5.69 Å². The van der Waals surface area contributed by atoms with Crippen molar-refractivity contribution in [1.29, 1.82) is 0 Å². The SMILES string of the molecule is O=c1c(Br)cc([N+](=O)[O-])cn1CCOCCO. The van der Waals surface area contributed by atoms with E-state index in [2.05, 4.69) is 15.9 Å². The van der Waals surface area contributed by atoms with Gasteiger partial charge in [-0.25, -0.2) is 0 Å². The van der Waals surface area contributed by atoms with Gasteiger partial charge in [-0.2, -0.15) is 0 Å². The van der Waals surface area contributed by atoms with Crippen LogP contribution >= 0.6 is 15.9 Å². The summed E-state index contributed by atoms with van der Waals surface area (Å²) in [5.41, 5.74) is -0.526.